The number of piperidine rings is 1. The predicted octanol–water partition coefficient (Wildman–Crippen LogP) is 9.16. The second-order valence-corrected chi connectivity index (χ2v) is 35.0. The Hall–Kier alpha value is -9.65. The highest BCUT2D eigenvalue weighted by atomic mass is 16.6. The number of aromatic nitrogens is 6. The molecule has 12 rings (SSSR count). The number of hydrogen-bond acceptors (Lipinski definition) is 29. The monoisotopic (exact) mass is 1770 g/mol. The largest absolute Gasteiger partial charge is 0.460 e. The van der Waals surface area contributed by atoms with E-state index in [4.69, 9.17) is 68.5 Å². The molecule has 128 heavy (non-hydrogen) atoms. The van der Waals surface area contributed by atoms with Gasteiger partial charge in [0, 0.05) is 146 Å². The lowest BCUT2D eigenvalue weighted by molar-refractivity contribution is -0.167. The minimum Gasteiger partial charge on any atom is -0.460 e. The summed E-state index contributed by atoms with van der Waals surface area (Å²) in [6.45, 7) is 19.6. The second kappa shape index (κ2) is 48.8. The van der Waals surface area contributed by atoms with Crippen LogP contribution in [0.15, 0.2) is 103 Å². The Labute approximate surface area is 750 Å². The standard InChI is InChI=1S/C95H132N14O19/c1-61-14-9-8-10-15-62(2)80(119-6)54-73-16-13-18-79(126-73)87(114)92(116)109-30-12-11-17-76(109)93(117)127-74(53-77(110)63(3)49-65(5)86(113)88(115)85(112)64(4)48-61)23-20-66-21-24-78(81(51-66)120-7)128-95(118)108-32-27-75-72(59-108)57-101-94(104-75)106-35-33-105(34-36-106)37-39-122-41-43-124-45-47-125-46-44-123-42-40-121-38-28-82(111)107-31-26-68-50-67(19-22-70(68)58-107)55-99-91-83(89(97)102-60-103-91)84(96)71-52-69-25-29-98-90(69)100-56-71/h8-10,14-15,19,22,25,29,49-50,52,56-57,60-61,63-64,66,73-74,76,78-81,86,88,96,113,115H,11-13,16-18,20-21,23-24,26-28,30-48,51,53-55,58-59H2,1-7H3,(H,98,100)(H3,97,99,102,103)/b10-8?,14-9+,62-15?,65-49+,96-84?/t61-,63-,64-,66-,73?,74-,76+,78-,79?,80+,81-,86-,88+/m1/s1. The van der Waals surface area contributed by atoms with Crippen LogP contribution in [0.3, 0.4) is 0 Å². The predicted molar refractivity (Wildman–Crippen MR) is 479 cm³/mol. The quantitative estimate of drug-likeness (QED) is 0.00819. The molecule has 33 heteroatoms. The number of nitrogens with one attached hydrogen (secondary N) is 3. The zero-order valence-corrected chi connectivity index (χ0v) is 75.4. The molecule has 7 aliphatic rings. The van der Waals surface area contributed by atoms with E-state index in [9.17, 15) is 43.8 Å². The van der Waals surface area contributed by atoms with Crippen LogP contribution >= 0.6 is 0 Å². The van der Waals surface area contributed by atoms with E-state index < -0.39 is 84.0 Å². The minimum absolute atomic E-state index is 0.0206. The first kappa shape index (κ1) is 97.4. The number of aliphatic hydroxyl groups excluding tert-OH is 2. The van der Waals surface area contributed by atoms with Crippen molar-refractivity contribution in [3.63, 3.8) is 0 Å². The van der Waals surface area contributed by atoms with Crippen LogP contribution in [0.5, 0.6) is 0 Å². The summed E-state index contributed by atoms with van der Waals surface area (Å²) in [7, 11) is 3.21. The number of rotatable bonds is 30. The molecule has 1 aliphatic carbocycles. The molecule has 3 amide bonds. The van der Waals surface area contributed by atoms with Gasteiger partial charge in [0.05, 0.1) is 114 Å². The van der Waals surface area contributed by atoms with Gasteiger partial charge in [-0.3, -0.25) is 34.3 Å². The Morgan fingerprint density at radius 3 is 2.20 bits per heavy atom. The van der Waals surface area contributed by atoms with E-state index in [0.717, 1.165) is 78.1 Å². The number of piperazine rings is 1. The molecule has 4 aromatic heterocycles. The first-order valence-corrected chi connectivity index (χ1v) is 45.8. The van der Waals surface area contributed by atoms with Gasteiger partial charge in [0.15, 0.2) is 5.78 Å². The normalized spacial score (nSPS) is 26.1. The Morgan fingerprint density at radius 1 is 0.695 bits per heavy atom. The maximum Gasteiger partial charge on any atom is 0.410 e. The third-order valence-electron chi connectivity index (χ3n) is 25.7. The minimum atomic E-state index is -1.73. The van der Waals surface area contributed by atoms with Crippen molar-refractivity contribution in [1.82, 2.24) is 49.5 Å². The topological polar surface area (TPSA) is 411 Å². The molecule has 6 aliphatic heterocycles. The van der Waals surface area contributed by atoms with Crippen LogP contribution in [-0.2, 0) is 109 Å². The number of allylic oxidation sites excluding steroid dienone is 6. The second-order valence-electron chi connectivity index (χ2n) is 35.0. The fraction of sp³-hybridized carbons (Fsp3) is 0.611. The van der Waals surface area contributed by atoms with E-state index in [1.165, 1.54) is 22.9 Å². The van der Waals surface area contributed by atoms with Crippen LogP contribution in [-0.4, -0.2) is 294 Å². The van der Waals surface area contributed by atoms with Crippen LogP contribution in [0.25, 0.3) is 11.0 Å². The van der Waals surface area contributed by atoms with E-state index in [0.29, 0.717) is 199 Å². The van der Waals surface area contributed by atoms with Crippen LogP contribution in [0, 0.1) is 29.1 Å². The number of hydrogen-bond donors (Lipinski definition) is 6. The molecule has 10 heterocycles. The van der Waals surface area contributed by atoms with Gasteiger partial charge >= 0.3 is 12.1 Å². The van der Waals surface area contributed by atoms with Crippen molar-refractivity contribution in [2.45, 2.75) is 218 Å². The fourth-order valence-electron chi connectivity index (χ4n) is 18.0. The summed E-state index contributed by atoms with van der Waals surface area (Å²) < 4.78 is 59.6. The van der Waals surface area contributed by atoms with E-state index in [2.05, 4.69) is 47.2 Å². The zero-order valence-electron chi connectivity index (χ0n) is 75.4. The van der Waals surface area contributed by atoms with Gasteiger partial charge in [-0.15, -0.1) is 0 Å². The number of aromatic amines is 1. The van der Waals surface area contributed by atoms with Crippen molar-refractivity contribution < 1.29 is 91.1 Å². The number of amides is 3. The van der Waals surface area contributed by atoms with Gasteiger partial charge in [0.1, 0.15) is 66.0 Å². The number of fused-ring (bicyclic) bond motifs is 6. The maximum atomic E-state index is 14.6. The summed E-state index contributed by atoms with van der Waals surface area (Å²) in [5, 5.41) is 35.8. The first-order chi connectivity index (χ1) is 62.0. The van der Waals surface area contributed by atoms with E-state index >= 15 is 0 Å². The Morgan fingerprint density at radius 2 is 1.44 bits per heavy atom. The average Bonchev–Trinajstić information content (AvgIpc) is 1.31. The lowest BCUT2D eigenvalue weighted by atomic mass is 9.81. The zero-order chi connectivity index (χ0) is 90.6. The van der Waals surface area contributed by atoms with E-state index in [1.807, 2.05) is 73.5 Å². The SMILES string of the molecule is CO[C@H]1CC2CCCC(O2)C(=O)C(=O)N2CCCC[C@H]2C(=O)O[C@H](CC[C@@H]2CC[C@@H](OC(=O)N3CCc4nc(N5CCN(CCOCCOCCOCCOCCOCCC(=O)N6CCc7cc(CNc8ncnc(N)c8C(=N)c8cnc9[nH]ccc9c8)ccc7C6)CC5)ncc4C3)[C@H](OC)C2)CC(=O)[C@H](C)/C=C(\C)[C@@H](O)[C@@H](O)C(=O)[C@H](C)C[C@H](C)/C=C/C=CC=C1C. The molecule has 0 spiro atoms. The summed E-state index contributed by atoms with van der Waals surface area (Å²) in [5.41, 5.74) is 14.5. The number of benzene rings is 1. The van der Waals surface area contributed by atoms with Crippen LogP contribution in [0.2, 0.25) is 0 Å². The molecule has 2 bridgehead atoms. The number of carbonyl (C=O) groups is 7. The maximum absolute atomic E-state index is 14.6. The molecule has 696 valence electrons. The number of methoxy groups -OCH3 is 2. The Balaban J connectivity index is 0.509. The average molecular weight is 1770 g/mol. The molecule has 1 aromatic carbocycles. The van der Waals surface area contributed by atoms with Gasteiger partial charge in [0.25, 0.3) is 5.91 Å². The molecule has 4 fully saturated rings. The molecule has 2 unspecified atom stereocenters. The van der Waals surface area contributed by atoms with Gasteiger partial charge in [-0.05, 0) is 149 Å². The number of cyclic esters (lactones) is 1. The van der Waals surface area contributed by atoms with Crippen LogP contribution < -0.4 is 16.0 Å². The first-order valence-electron chi connectivity index (χ1n) is 45.8. The molecule has 13 atom stereocenters. The molecule has 33 nitrogen and oxygen atoms in total. The third kappa shape index (κ3) is 27.5. The summed E-state index contributed by atoms with van der Waals surface area (Å²) in [6.07, 6.45) is 18.1. The number of esters is 1. The Kier molecular flexibility index (Phi) is 37.2. The molecule has 5 aromatic rings. The van der Waals surface area contributed by atoms with E-state index in [1.54, 1.807) is 52.3 Å². The number of nitrogens with two attached hydrogens (primary N) is 1. The number of nitrogens with zero attached hydrogens (tertiary/aromatic N) is 10. The molecule has 3 saturated heterocycles. The van der Waals surface area contributed by atoms with E-state index in [-0.39, 0.29) is 85.1 Å². The van der Waals surface area contributed by atoms with Gasteiger partial charge in [-0.2, -0.15) is 0 Å². The molecular formula is C95H132N14O19. The third-order valence-corrected chi connectivity index (χ3v) is 25.7. The number of pyridine rings is 1. The molecule has 1 saturated carbocycles. The van der Waals surface area contributed by atoms with Gasteiger partial charge in [-0.1, -0.05) is 75.4 Å². The molecule has 7 N–H and O–H groups in total. The number of H-pyrrole nitrogens is 1. The number of ether oxygens (including phenoxy) is 10. The van der Waals surface area contributed by atoms with Crippen molar-refractivity contribution in [2.75, 3.05) is 149 Å². The van der Waals surface area contributed by atoms with Crippen molar-refractivity contribution in [2.24, 2.45) is 23.7 Å². The lowest BCUT2D eigenvalue weighted by Gasteiger charge is -2.37. The molecular weight excluding hydrogens is 1640 g/mol. The van der Waals surface area contributed by atoms with Gasteiger partial charge in [0.2, 0.25) is 17.6 Å². The van der Waals surface area contributed by atoms with Crippen molar-refractivity contribution in [3.05, 3.63) is 142 Å². The van der Waals surface area contributed by atoms with Crippen molar-refractivity contribution in [1.29, 1.82) is 5.41 Å². The Bertz CT molecular complexity index is 4690. The number of aliphatic hydroxyl groups is 2. The number of nitrogen functional groups attached to an aromatic ring is 1. The number of Topliss-reactive ketones (excluding diaryl/α,β-unsaturated/α-hetero) is 3. The lowest BCUT2D eigenvalue weighted by Crippen LogP contribution is -2.54. The van der Waals surface area contributed by atoms with Crippen molar-refractivity contribution in [3.8, 4) is 0 Å². The summed E-state index contributed by atoms with van der Waals surface area (Å²) in [6, 6.07) is 8.97. The van der Waals surface area contributed by atoms with Gasteiger partial charge in [-0.25, -0.2) is 34.5 Å². The summed E-state index contributed by atoms with van der Waals surface area (Å²) in [4.78, 5) is 133. The highest BCUT2D eigenvalue weighted by molar-refractivity contribution is 6.38. The number of ketones is 3. The van der Waals surface area contributed by atoms with Crippen LogP contribution in [0.1, 0.15) is 170 Å². The highest BCUT2D eigenvalue weighted by Crippen LogP contribution is 2.36. The van der Waals surface area contributed by atoms with Crippen molar-refractivity contribution >= 4 is 75.6 Å². The number of carbonyl (C=O) groups excluding carboxylic acids is 7. The van der Waals surface area contributed by atoms with Crippen LogP contribution in [0.4, 0.5) is 22.4 Å². The molecule has 0 radical (unpaired) electrons. The smallest absolute Gasteiger partial charge is 0.410 e. The fourth-order valence-corrected chi connectivity index (χ4v) is 18.0. The highest BCUT2D eigenvalue weighted by Gasteiger charge is 2.43. The van der Waals surface area contributed by atoms with Gasteiger partial charge < -0.3 is 93.2 Å². The summed E-state index contributed by atoms with van der Waals surface area (Å²) in [5.74, 6) is -3.13. The number of anilines is 3. The summed E-state index contributed by atoms with van der Waals surface area (Å²) >= 11 is 0.